The SMILES string of the molecule is ClC(Cl)Cl.[BH3-][P+](c1ccccc1)(c1ccccc1)c1ccc(OCC[P+](c2ccccc2)(c2ccccc2)c2ccc3ccc4cccc5ccc2c3c45)cc1.[I-].[I-].c1ccc(P(c2ccccc2)c2ccc(OCC[P+](c3ccccc3)(c3ccccc3)c3ccc4ccc5cccc6ccc3c4c56)cc2)cc1. The molecule has 2 nitrogen and oxygen atoms in total. The molecule has 12 heteroatoms. The molecule has 0 saturated carbocycles. The number of halogens is 5. The van der Waals surface area contributed by atoms with Crippen molar-refractivity contribution in [2.24, 2.45) is 0 Å². The average Bonchev–Trinajstić information content (AvgIpc) is 0.718. The van der Waals surface area contributed by atoms with Crippen LogP contribution in [0.25, 0.3) is 64.6 Å². The predicted octanol–water partition coefficient (Wildman–Crippen LogP) is 14.2. The Morgan fingerprint density at radius 1 is 0.257 bits per heavy atom. The van der Waals surface area contributed by atoms with Gasteiger partial charge in [0.05, 0.1) is 15.9 Å². The molecule has 0 unspecified atom stereocenters. The van der Waals surface area contributed by atoms with Crippen molar-refractivity contribution in [1.82, 2.24) is 0 Å². The van der Waals surface area contributed by atoms with E-state index in [2.05, 4.69) is 400 Å². The van der Waals surface area contributed by atoms with E-state index in [1.54, 1.807) is 0 Å². The minimum absolute atomic E-state index is 0. The third-order valence-corrected chi connectivity index (χ3v) is 34.0. The normalized spacial score (nSPS) is 11.7. The van der Waals surface area contributed by atoms with Crippen LogP contribution in [0.4, 0.5) is 0 Å². The molecule has 0 saturated heterocycles. The fourth-order valence-electron chi connectivity index (χ4n) is 15.6. The Labute approximate surface area is 692 Å². The Bertz CT molecular complexity index is 5760. The van der Waals surface area contributed by atoms with E-state index >= 15 is 0 Å². The summed E-state index contributed by atoms with van der Waals surface area (Å²) in [5.41, 5.74) is 0. The van der Waals surface area contributed by atoms with Gasteiger partial charge in [0.15, 0.2) is 4.30 Å². The zero-order valence-corrected chi connectivity index (χ0v) is 69.2. The molecule has 0 heterocycles. The molecule has 18 aromatic carbocycles. The Kier molecular flexibility index (Phi) is 25.2. The maximum absolute atomic E-state index is 6.79. The van der Waals surface area contributed by atoms with Gasteiger partial charge < -0.3 is 57.4 Å². The van der Waals surface area contributed by atoms with E-state index in [1.165, 1.54) is 128 Å². The van der Waals surface area contributed by atoms with Crippen LogP contribution < -0.4 is 121 Å². The first kappa shape index (κ1) is 77.5. The van der Waals surface area contributed by atoms with Crippen molar-refractivity contribution >= 4 is 200 Å². The minimum atomic E-state index is -2.18. The van der Waals surface area contributed by atoms with E-state index < -0.39 is 33.9 Å². The smallest absolute Gasteiger partial charge is 0.180 e. The van der Waals surface area contributed by atoms with Gasteiger partial charge in [-0.3, -0.25) is 0 Å². The van der Waals surface area contributed by atoms with E-state index in [4.69, 9.17) is 44.3 Å². The van der Waals surface area contributed by atoms with E-state index in [-0.39, 0.29) is 55.5 Å². The molecule has 0 atom stereocenters. The van der Waals surface area contributed by atoms with Crippen LogP contribution >= 0.6 is 64.4 Å². The summed E-state index contributed by atoms with van der Waals surface area (Å²) < 4.78 is 12.8. The summed E-state index contributed by atoms with van der Waals surface area (Å²) in [6, 6.07) is 148. The van der Waals surface area contributed by atoms with Crippen LogP contribution in [-0.2, 0) is 0 Å². The van der Waals surface area contributed by atoms with E-state index in [1.807, 2.05) is 0 Å². The third-order valence-electron chi connectivity index (χ3n) is 20.3. The van der Waals surface area contributed by atoms with Gasteiger partial charge in [-0.05, 0) is 200 Å². The highest BCUT2D eigenvalue weighted by Gasteiger charge is 2.48. The molecular formula is C97H78BCl3I2O2P4. The molecule has 0 amide bonds. The highest BCUT2D eigenvalue weighted by atomic mass is 127. The van der Waals surface area contributed by atoms with E-state index in [0.717, 1.165) is 23.8 Å². The Hall–Kier alpha value is -8.25. The fraction of sp³-hybridized carbons (Fsp3) is 0.0515. The topological polar surface area (TPSA) is 18.5 Å². The van der Waals surface area contributed by atoms with Crippen molar-refractivity contribution in [3.8, 4) is 11.5 Å². The summed E-state index contributed by atoms with van der Waals surface area (Å²) in [5.74, 6) is 1.84. The molecule has 18 aromatic rings. The molecule has 0 aromatic heterocycles. The average molecular weight is 1770 g/mol. The molecule has 536 valence electrons. The van der Waals surface area contributed by atoms with Crippen molar-refractivity contribution in [2.75, 3.05) is 25.5 Å². The van der Waals surface area contributed by atoms with Crippen LogP contribution in [0.3, 0.4) is 0 Å². The lowest BCUT2D eigenvalue weighted by atomic mass is 9.94. The van der Waals surface area contributed by atoms with E-state index in [0.29, 0.717) is 13.2 Å². The maximum Gasteiger partial charge on any atom is 0.180 e. The molecule has 0 aliphatic rings. The second-order valence-electron chi connectivity index (χ2n) is 26.2. The number of rotatable bonds is 20. The molecule has 109 heavy (non-hydrogen) atoms. The Morgan fingerprint density at radius 3 is 0.826 bits per heavy atom. The third kappa shape index (κ3) is 15.8. The molecule has 0 N–H and O–H groups in total. The largest absolute Gasteiger partial charge is 1.00 e. The lowest BCUT2D eigenvalue weighted by Crippen LogP contribution is -3.00. The highest BCUT2D eigenvalue weighted by molar-refractivity contribution is 8.13. The number of benzene rings is 18. The monoisotopic (exact) mass is 1770 g/mol. The predicted molar refractivity (Wildman–Crippen MR) is 480 cm³/mol. The van der Waals surface area contributed by atoms with Crippen LogP contribution in [0.5, 0.6) is 11.5 Å². The highest BCUT2D eigenvalue weighted by Crippen LogP contribution is 2.59. The van der Waals surface area contributed by atoms with Gasteiger partial charge >= 0.3 is 0 Å². The molecule has 18 rings (SSSR count). The van der Waals surface area contributed by atoms with Gasteiger partial charge in [-0.1, -0.05) is 309 Å². The van der Waals surface area contributed by atoms with Gasteiger partial charge in [0, 0.05) is 21.5 Å². The van der Waals surface area contributed by atoms with Gasteiger partial charge in [-0.2, -0.15) is 0 Å². The van der Waals surface area contributed by atoms with Gasteiger partial charge in [0.1, 0.15) is 91.0 Å². The molecule has 0 aliphatic heterocycles. The fourth-order valence-corrected chi connectivity index (χ4v) is 28.7. The molecule has 0 aliphatic carbocycles. The maximum atomic E-state index is 6.79. The zero-order valence-electron chi connectivity index (χ0n) is 59.0. The number of alkyl halides is 3. The van der Waals surface area contributed by atoms with Crippen molar-refractivity contribution in [2.45, 2.75) is 4.30 Å². The van der Waals surface area contributed by atoms with Crippen LogP contribution in [0.1, 0.15) is 0 Å². The molecular weight excluding hydrogens is 1690 g/mol. The first-order valence-electron chi connectivity index (χ1n) is 35.8. The lowest BCUT2D eigenvalue weighted by molar-refractivity contribution is -0.00100. The first-order chi connectivity index (χ1) is 52.7. The molecule has 0 spiro atoms. The Morgan fingerprint density at radius 2 is 0.505 bits per heavy atom. The van der Waals surface area contributed by atoms with Crippen molar-refractivity contribution < 1.29 is 57.4 Å². The van der Waals surface area contributed by atoms with Crippen LogP contribution in [0, 0.1) is 0 Å². The number of hydrogen-bond acceptors (Lipinski definition) is 2. The van der Waals surface area contributed by atoms with Gasteiger partial charge in [-0.25, -0.2) is 0 Å². The van der Waals surface area contributed by atoms with Gasteiger partial charge in [0.25, 0.3) is 0 Å². The summed E-state index contributed by atoms with van der Waals surface area (Å²) in [6.07, 6.45) is 1.78. The van der Waals surface area contributed by atoms with Crippen molar-refractivity contribution in [3.63, 3.8) is 0 Å². The first-order valence-corrected chi connectivity index (χ1v) is 43.8. The van der Waals surface area contributed by atoms with Crippen LogP contribution in [0.15, 0.2) is 400 Å². The standard InChI is InChI=1S/C48H40BOP2.C48H37OP2.CHCl3.2HI/c49-52(42-20-9-3-10-21-42,43-22-11-4-12-23-43)44-30-28-39(29-31-44)50-34-35-51(40-16-5-1-6-17-40,41-18-7-2-8-19-41)46-33-27-38-25-24-36-14-13-15-37-26-32-45(46)48(38)47(36)37;1-5-16-40(17-6-1)50(41-18-7-2-8-19-41)42-30-28-39(29-31-42)49-34-35-51(43-20-9-3-10-21-43,44-22-11-4-12-23-44)46-33-27-38-25-24-36-14-13-15-37-26-32-45(46)48(38)47(36)37;2-1(3)4;;/h1-33H,34-35H2,49H3;1-33H,34-35H2;1H;2*1H/q2*+1;;;/p-2. The van der Waals surface area contributed by atoms with Crippen molar-refractivity contribution in [1.29, 1.82) is 0 Å². The summed E-state index contributed by atoms with van der Waals surface area (Å²) in [4.78, 5) is 0. The number of ether oxygens (including phenoxy) is 2. The summed E-state index contributed by atoms with van der Waals surface area (Å²) in [6.45, 7) is 1.22. The summed E-state index contributed by atoms with van der Waals surface area (Å²) in [5, 5.41) is 32.7. The summed E-state index contributed by atoms with van der Waals surface area (Å²) >= 11 is 14.4. The van der Waals surface area contributed by atoms with Crippen molar-refractivity contribution in [3.05, 3.63) is 400 Å². The van der Waals surface area contributed by atoms with E-state index in [9.17, 15) is 0 Å². The second kappa shape index (κ2) is 35.4. The lowest BCUT2D eigenvalue weighted by Gasteiger charge is -2.30. The number of hydrogen-bond donors (Lipinski definition) is 0. The van der Waals surface area contributed by atoms with Gasteiger partial charge in [0.2, 0.25) is 0 Å². The quantitative estimate of drug-likeness (QED) is 0.0249. The van der Waals surface area contributed by atoms with Crippen LogP contribution in [-0.4, -0.2) is 37.4 Å². The Balaban J connectivity index is 0.000000171. The minimum Gasteiger partial charge on any atom is -1.00 e. The zero-order chi connectivity index (χ0) is 72.6. The molecule has 0 bridgehead atoms. The second-order valence-corrected chi connectivity index (χ2v) is 39.8. The molecule has 0 fully saturated rings. The van der Waals surface area contributed by atoms with Gasteiger partial charge in [-0.15, -0.1) is 0 Å². The summed E-state index contributed by atoms with van der Waals surface area (Å²) in [7, 11) is -6.65. The van der Waals surface area contributed by atoms with Crippen LogP contribution in [0.2, 0.25) is 0 Å². The molecule has 0 radical (unpaired) electrons.